The first-order valence-corrected chi connectivity index (χ1v) is 9.04. The highest BCUT2D eigenvalue weighted by Gasteiger charge is 2.17. The number of aryl methyl sites for hydroxylation is 2. The smallest absolute Gasteiger partial charge is 0.134 e. The Balaban J connectivity index is 1.97. The number of rotatable bonds is 2. The van der Waals surface area contributed by atoms with Gasteiger partial charge in [-0.05, 0) is 51.2 Å². The van der Waals surface area contributed by atoms with Gasteiger partial charge in [0.2, 0.25) is 0 Å². The maximum absolute atomic E-state index is 9.53. The number of hydrogen-bond acceptors (Lipinski definition) is 4. The van der Waals surface area contributed by atoms with E-state index in [4.69, 9.17) is 4.98 Å². The SMILES string of the molecule is Cc1cc(-c2csc(C(C#N)=C3CCCCC3)n2)c(C)s1. The van der Waals surface area contributed by atoms with Crippen molar-refractivity contribution in [2.45, 2.75) is 46.0 Å². The lowest BCUT2D eigenvalue weighted by atomic mass is 9.91. The molecule has 1 aliphatic rings. The fraction of sp³-hybridized carbons (Fsp3) is 0.412. The van der Waals surface area contributed by atoms with E-state index in [1.54, 1.807) is 22.7 Å². The quantitative estimate of drug-likeness (QED) is 0.664. The molecule has 0 aliphatic heterocycles. The highest BCUT2D eigenvalue weighted by Crippen LogP contribution is 2.35. The number of hydrogen-bond donors (Lipinski definition) is 0. The first kappa shape index (κ1) is 14.5. The van der Waals surface area contributed by atoms with Crippen molar-refractivity contribution in [1.29, 1.82) is 5.26 Å². The highest BCUT2D eigenvalue weighted by molar-refractivity contribution is 7.12. The monoisotopic (exact) mass is 314 g/mol. The van der Waals surface area contributed by atoms with Crippen molar-refractivity contribution in [3.63, 3.8) is 0 Å². The number of nitrogens with zero attached hydrogens (tertiary/aromatic N) is 2. The number of allylic oxidation sites excluding steroid dienone is 2. The van der Waals surface area contributed by atoms with Gasteiger partial charge in [-0.15, -0.1) is 22.7 Å². The van der Waals surface area contributed by atoms with Crippen LogP contribution in [0.2, 0.25) is 0 Å². The van der Waals surface area contributed by atoms with Crippen molar-refractivity contribution in [1.82, 2.24) is 4.98 Å². The fourth-order valence-electron chi connectivity index (χ4n) is 2.90. The van der Waals surface area contributed by atoms with Crippen LogP contribution in [0.15, 0.2) is 17.0 Å². The normalized spacial score (nSPS) is 15.0. The van der Waals surface area contributed by atoms with Crippen molar-refractivity contribution in [2.75, 3.05) is 0 Å². The molecule has 0 N–H and O–H groups in total. The standard InChI is InChI=1S/C17H18N2S2/c1-11-8-14(12(2)21-11)16-10-20-17(19-16)15(9-18)13-6-4-3-5-7-13/h8,10H,3-7H2,1-2H3. The molecular weight excluding hydrogens is 296 g/mol. The second-order valence-corrected chi connectivity index (χ2v) is 7.83. The number of thiazole rings is 1. The van der Waals surface area contributed by atoms with Crippen LogP contribution in [0.3, 0.4) is 0 Å². The summed E-state index contributed by atoms with van der Waals surface area (Å²) >= 11 is 3.40. The van der Waals surface area contributed by atoms with Crippen molar-refractivity contribution in [3.05, 3.63) is 31.8 Å². The Morgan fingerprint density at radius 1 is 1.24 bits per heavy atom. The first-order chi connectivity index (χ1) is 10.2. The molecule has 0 saturated heterocycles. The molecule has 2 heterocycles. The topological polar surface area (TPSA) is 36.7 Å². The summed E-state index contributed by atoms with van der Waals surface area (Å²) in [6.45, 7) is 4.26. The summed E-state index contributed by atoms with van der Waals surface area (Å²) in [5.74, 6) is 0. The van der Waals surface area contributed by atoms with E-state index in [0.717, 1.165) is 29.1 Å². The minimum absolute atomic E-state index is 0.829. The molecule has 1 fully saturated rings. The van der Waals surface area contributed by atoms with E-state index < -0.39 is 0 Å². The molecule has 0 spiro atoms. The Morgan fingerprint density at radius 2 is 2.00 bits per heavy atom. The molecule has 0 atom stereocenters. The zero-order valence-electron chi connectivity index (χ0n) is 12.4. The van der Waals surface area contributed by atoms with Crippen LogP contribution >= 0.6 is 22.7 Å². The third kappa shape index (κ3) is 2.95. The molecule has 2 nitrogen and oxygen atoms in total. The van der Waals surface area contributed by atoms with Gasteiger partial charge in [0, 0.05) is 20.7 Å². The van der Waals surface area contributed by atoms with Crippen molar-refractivity contribution >= 4 is 28.2 Å². The molecule has 1 aliphatic carbocycles. The Bertz CT molecular complexity index is 720. The lowest BCUT2D eigenvalue weighted by molar-refractivity contribution is 0.601. The van der Waals surface area contributed by atoms with Crippen molar-refractivity contribution < 1.29 is 0 Å². The second kappa shape index (κ2) is 6.13. The summed E-state index contributed by atoms with van der Waals surface area (Å²) in [4.78, 5) is 7.35. The van der Waals surface area contributed by atoms with Crippen LogP contribution < -0.4 is 0 Å². The average molecular weight is 314 g/mol. The van der Waals surface area contributed by atoms with Gasteiger partial charge in [-0.25, -0.2) is 4.98 Å². The van der Waals surface area contributed by atoms with E-state index in [9.17, 15) is 5.26 Å². The summed E-state index contributed by atoms with van der Waals surface area (Å²) in [7, 11) is 0. The van der Waals surface area contributed by atoms with Crippen LogP contribution in [0.1, 0.15) is 46.9 Å². The lowest BCUT2D eigenvalue weighted by Crippen LogP contribution is -1.97. The van der Waals surface area contributed by atoms with E-state index >= 15 is 0 Å². The van der Waals surface area contributed by atoms with E-state index in [1.807, 2.05) is 0 Å². The first-order valence-electron chi connectivity index (χ1n) is 7.34. The highest BCUT2D eigenvalue weighted by atomic mass is 32.1. The third-order valence-electron chi connectivity index (χ3n) is 3.96. The molecule has 3 rings (SSSR count). The van der Waals surface area contributed by atoms with Gasteiger partial charge in [-0.3, -0.25) is 0 Å². The van der Waals surface area contributed by atoms with Crippen LogP contribution in [0.25, 0.3) is 16.8 Å². The maximum Gasteiger partial charge on any atom is 0.134 e. The minimum atomic E-state index is 0.829. The van der Waals surface area contributed by atoms with Crippen LogP contribution in [-0.4, -0.2) is 4.98 Å². The maximum atomic E-state index is 9.53. The molecule has 108 valence electrons. The summed E-state index contributed by atoms with van der Waals surface area (Å²) in [6, 6.07) is 4.60. The third-order valence-corrected chi connectivity index (χ3v) is 5.78. The molecule has 0 bridgehead atoms. The Kier molecular flexibility index (Phi) is 4.23. The summed E-state index contributed by atoms with van der Waals surface area (Å²) in [5.41, 5.74) is 4.37. The molecule has 21 heavy (non-hydrogen) atoms. The zero-order chi connectivity index (χ0) is 14.8. The van der Waals surface area contributed by atoms with Gasteiger partial charge in [-0.2, -0.15) is 5.26 Å². The molecule has 0 amide bonds. The Hall–Kier alpha value is -1.44. The van der Waals surface area contributed by atoms with Gasteiger partial charge in [0.1, 0.15) is 11.1 Å². The van der Waals surface area contributed by atoms with Gasteiger partial charge >= 0.3 is 0 Å². The summed E-state index contributed by atoms with van der Waals surface area (Å²) in [6.07, 6.45) is 5.84. The minimum Gasteiger partial charge on any atom is -0.235 e. The molecular formula is C17H18N2S2. The van der Waals surface area contributed by atoms with Crippen molar-refractivity contribution in [2.24, 2.45) is 0 Å². The van der Waals surface area contributed by atoms with E-state index in [2.05, 4.69) is 31.4 Å². The van der Waals surface area contributed by atoms with Gasteiger partial charge in [0.15, 0.2) is 0 Å². The zero-order valence-corrected chi connectivity index (χ0v) is 14.0. The van der Waals surface area contributed by atoms with E-state index in [-0.39, 0.29) is 0 Å². The Labute approximate surface area is 133 Å². The molecule has 2 aromatic rings. The summed E-state index contributed by atoms with van der Waals surface area (Å²) in [5, 5.41) is 12.5. The molecule has 4 heteroatoms. The predicted octanol–water partition coefficient (Wildman–Crippen LogP) is 5.73. The van der Waals surface area contributed by atoms with E-state index in [0.29, 0.717) is 0 Å². The fourth-order valence-corrected chi connectivity index (χ4v) is 4.70. The molecule has 0 aromatic carbocycles. The Morgan fingerprint density at radius 3 is 2.62 bits per heavy atom. The molecule has 0 unspecified atom stereocenters. The van der Waals surface area contributed by atoms with Gasteiger partial charge < -0.3 is 0 Å². The van der Waals surface area contributed by atoms with Crippen LogP contribution in [0.5, 0.6) is 0 Å². The van der Waals surface area contributed by atoms with Crippen LogP contribution in [-0.2, 0) is 0 Å². The lowest BCUT2D eigenvalue weighted by Gasteiger charge is -2.14. The van der Waals surface area contributed by atoms with Crippen molar-refractivity contribution in [3.8, 4) is 17.3 Å². The van der Waals surface area contributed by atoms with Crippen LogP contribution in [0.4, 0.5) is 0 Å². The summed E-state index contributed by atoms with van der Waals surface area (Å²) < 4.78 is 0. The molecule has 2 aromatic heterocycles. The molecule has 1 saturated carbocycles. The number of nitriles is 1. The second-order valence-electron chi connectivity index (χ2n) is 5.52. The van der Waals surface area contributed by atoms with Gasteiger partial charge in [0.25, 0.3) is 0 Å². The van der Waals surface area contributed by atoms with E-state index in [1.165, 1.54) is 40.2 Å². The van der Waals surface area contributed by atoms with Gasteiger partial charge in [-0.1, -0.05) is 6.42 Å². The van der Waals surface area contributed by atoms with Gasteiger partial charge in [0.05, 0.1) is 11.3 Å². The van der Waals surface area contributed by atoms with Crippen LogP contribution in [0, 0.1) is 25.2 Å². The number of aromatic nitrogens is 1. The molecule has 0 radical (unpaired) electrons. The largest absolute Gasteiger partial charge is 0.235 e. The predicted molar refractivity (Wildman–Crippen MR) is 90.5 cm³/mol. The average Bonchev–Trinajstić information content (AvgIpc) is 3.08. The number of thiophene rings is 1.